The van der Waals surface area contributed by atoms with E-state index < -0.39 is 0 Å². The Balaban J connectivity index is 1.51. The van der Waals surface area contributed by atoms with Gasteiger partial charge in [-0.3, -0.25) is 9.88 Å². The molecule has 5 heteroatoms. The Kier molecular flexibility index (Phi) is 6.74. The van der Waals surface area contributed by atoms with Crippen molar-refractivity contribution in [3.63, 3.8) is 0 Å². The van der Waals surface area contributed by atoms with Gasteiger partial charge in [-0.05, 0) is 48.9 Å². The van der Waals surface area contributed by atoms with Crippen molar-refractivity contribution in [2.45, 2.75) is 40.0 Å². The summed E-state index contributed by atoms with van der Waals surface area (Å²) in [7, 11) is 0. The van der Waals surface area contributed by atoms with Crippen molar-refractivity contribution < 1.29 is 9.30 Å². The third-order valence-corrected chi connectivity index (χ3v) is 7.63. The maximum atomic E-state index is 10.1. The minimum Gasteiger partial charge on any atom is -0.329 e. The molecule has 180 valence electrons. The SMILES string of the molecule is Cc1c(CCC(C)C)c(N2CC[NH+](CCc3ccccc3)CC2)[n+]2c([nH]c3ccccc32)c1C#N. The van der Waals surface area contributed by atoms with Crippen LogP contribution in [0.3, 0.4) is 0 Å². The zero-order chi connectivity index (χ0) is 24.4. The molecule has 1 fully saturated rings. The van der Waals surface area contributed by atoms with E-state index in [4.69, 9.17) is 0 Å². The average molecular weight is 468 g/mol. The van der Waals surface area contributed by atoms with Gasteiger partial charge >= 0.3 is 0 Å². The maximum absolute atomic E-state index is 10.1. The van der Waals surface area contributed by atoms with Crippen molar-refractivity contribution in [3.8, 4) is 6.07 Å². The van der Waals surface area contributed by atoms with Crippen LogP contribution in [0.15, 0.2) is 54.6 Å². The fraction of sp³-hybridized carbons (Fsp3) is 0.400. The average Bonchev–Trinajstić information content (AvgIpc) is 3.26. The minimum absolute atomic E-state index is 0.621. The second-order valence-corrected chi connectivity index (χ2v) is 10.4. The lowest BCUT2D eigenvalue weighted by atomic mass is 9.96. The van der Waals surface area contributed by atoms with Crippen molar-refractivity contribution in [1.29, 1.82) is 5.26 Å². The molecule has 0 spiro atoms. The lowest BCUT2D eigenvalue weighted by Crippen LogP contribution is -3.15. The first kappa shape index (κ1) is 23.4. The molecule has 0 bridgehead atoms. The summed E-state index contributed by atoms with van der Waals surface area (Å²) in [5.41, 5.74) is 7.83. The molecule has 5 nitrogen and oxygen atoms in total. The molecule has 35 heavy (non-hydrogen) atoms. The topological polar surface area (TPSA) is 51.4 Å². The fourth-order valence-electron chi connectivity index (χ4n) is 5.56. The number of nitrogens with one attached hydrogen (secondary N) is 2. The van der Waals surface area contributed by atoms with E-state index in [0.29, 0.717) is 5.92 Å². The molecule has 3 heterocycles. The number of quaternary nitrogens is 1. The van der Waals surface area contributed by atoms with Crippen LogP contribution in [0.2, 0.25) is 0 Å². The van der Waals surface area contributed by atoms with Crippen LogP contribution in [0.25, 0.3) is 16.7 Å². The number of anilines is 1. The molecule has 0 unspecified atom stereocenters. The second kappa shape index (κ2) is 10.1. The number of aromatic amines is 1. The zero-order valence-electron chi connectivity index (χ0n) is 21.3. The Hall–Kier alpha value is -3.36. The molecule has 0 aliphatic carbocycles. The Morgan fingerprint density at radius 2 is 1.74 bits per heavy atom. The molecule has 0 amide bonds. The summed E-state index contributed by atoms with van der Waals surface area (Å²) in [5, 5.41) is 10.1. The molecule has 1 saturated heterocycles. The summed E-state index contributed by atoms with van der Waals surface area (Å²) < 4.78 is 2.34. The Morgan fingerprint density at radius 1 is 1.03 bits per heavy atom. The number of hydrogen-bond acceptors (Lipinski definition) is 2. The van der Waals surface area contributed by atoms with Gasteiger partial charge < -0.3 is 4.90 Å². The lowest BCUT2D eigenvalue weighted by Gasteiger charge is -2.32. The highest BCUT2D eigenvalue weighted by Crippen LogP contribution is 2.29. The van der Waals surface area contributed by atoms with Gasteiger partial charge in [0, 0.05) is 12.0 Å². The monoisotopic (exact) mass is 467 g/mol. The van der Waals surface area contributed by atoms with Gasteiger partial charge in [0.25, 0.3) is 0 Å². The van der Waals surface area contributed by atoms with Gasteiger partial charge in [0.2, 0.25) is 11.5 Å². The van der Waals surface area contributed by atoms with Crippen molar-refractivity contribution in [2.75, 3.05) is 37.6 Å². The van der Waals surface area contributed by atoms with Crippen LogP contribution < -0.4 is 14.2 Å². The third-order valence-electron chi connectivity index (χ3n) is 7.63. The number of rotatable bonds is 7. The van der Waals surface area contributed by atoms with Crippen LogP contribution in [0.1, 0.15) is 42.5 Å². The first-order valence-electron chi connectivity index (χ1n) is 13.1. The van der Waals surface area contributed by atoms with E-state index in [1.54, 1.807) is 4.90 Å². The molecule has 5 rings (SSSR count). The summed E-state index contributed by atoms with van der Waals surface area (Å²) in [6.45, 7) is 12.2. The van der Waals surface area contributed by atoms with Gasteiger partial charge in [-0.15, -0.1) is 0 Å². The van der Waals surface area contributed by atoms with Crippen LogP contribution in [0.4, 0.5) is 5.82 Å². The Labute approximate surface area is 208 Å². The number of piperazine rings is 1. The summed E-state index contributed by atoms with van der Waals surface area (Å²) in [5.74, 6) is 1.91. The van der Waals surface area contributed by atoms with Crippen molar-refractivity contribution in [3.05, 3.63) is 76.9 Å². The maximum Gasteiger partial charge on any atom is 0.250 e. The van der Waals surface area contributed by atoms with Crippen molar-refractivity contribution in [1.82, 2.24) is 4.98 Å². The predicted octanol–water partition coefficient (Wildman–Crippen LogP) is 3.62. The van der Waals surface area contributed by atoms with Crippen molar-refractivity contribution in [2.24, 2.45) is 5.92 Å². The van der Waals surface area contributed by atoms with Crippen molar-refractivity contribution >= 4 is 22.5 Å². The highest BCUT2D eigenvalue weighted by atomic mass is 15.3. The molecular formula is C30H37N5+2. The molecule has 4 aromatic rings. The van der Waals surface area contributed by atoms with E-state index in [1.165, 1.54) is 23.5 Å². The number of H-pyrrole nitrogens is 1. The molecule has 1 aliphatic heterocycles. The second-order valence-electron chi connectivity index (χ2n) is 10.4. The number of pyridine rings is 1. The number of nitrogens with zero attached hydrogens (tertiary/aromatic N) is 3. The smallest absolute Gasteiger partial charge is 0.250 e. The number of para-hydroxylation sites is 2. The molecule has 0 radical (unpaired) electrons. The van der Waals surface area contributed by atoms with E-state index in [9.17, 15) is 5.26 Å². The number of aromatic nitrogens is 2. The molecule has 2 aromatic heterocycles. The van der Waals surface area contributed by atoms with E-state index in [0.717, 1.165) is 73.2 Å². The fourth-order valence-corrected chi connectivity index (χ4v) is 5.56. The van der Waals surface area contributed by atoms with Crippen LogP contribution in [-0.2, 0) is 12.8 Å². The largest absolute Gasteiger partial charge is 0.329 e. The van der Waals surface area contributed by atoms with Gasteiger partial charge in [-0.1, -0.05) is 56.3 Å². The van der Waals surface area contributed by atoms with Crippen LogP contribution in [0, 0.1) is 24.2 Å². The highest BCUT2D eigenvalue weighted by Gasteiger charge is 2.32. The van der Waals surface area contributed by atoms with Crippen LogP contribution >= 0.6 is 0 Å². The van der Waals surface area contributed by atoms with Gasteiger partial charge in [0.1, 0.15) is 48.8 Å². The summed E-state index contributed by atoms with van der Waals surface area (Å²) in [6, 6.07) is 21.8. The third kappa shape index (κ3) is 4.63. The van der Waals surface area contributed by atoms with E-state index in [-0.39, 0.29) is 0 Å². The van der Waals surface area contributed by atoms with Gasteiger partial charge in [-0.25, -0.2) is 0 Å². The lowest BCUT2D eigenvalue weighted by molar-refractivity contribution is -0.900. The van der Waals surface area contributed by atoms with E-state index in [2.05, 4.69) is 95.7 Å². The number of benzene rings is 2. The summed E-state index contributed by atoms with van der Waals surface area (Å²) >= 11 is 0. The minimum atomic E-state index is 0.621. The van der Waals surface area contributed by atoms with E-state index >= 15 is 0 Å². The van der Waals surface area contributed by atoms with Gasteiger partial charge in [0.15, 0.2) is 0 Å². The summed E-state index contributed by atoms with van der Waals surface area (Å²) in [6.07, 6.45) is 3.25. The number of imidazole rings is 1. The predicted molar refractivity (Wildman–Crippen MR) is 142 cm³/mol. The number of nitriles is 1. The quantitative estimate of drug-likeness (QED) is 0.408. The standard InChI is InChI=1S/C30H35N5/c1-22(2)13-14-25-23(3)26(21-31)29-32-27-11-7-8-12-28(27)35(29)30(25)34-19-17-33(18-20-34)16-15-24-9-5-4-6-10-24/h4-12,22H,13-20H2,1-3H3/p+2. The molecular weight excluding hydrogens is 430 g/mol. The Morgan fingerprint density at radius 3 is 2.46 bits per heavy atom. The summed E-state index contributed by atoms with van der Waals surface area (Å²) in [4.78, 5) is 7.83. The molecule has 0 atom stereocenters. The first-order chi connectivity index (χ1) is 17.1. The molecule has 1 aliphatic rings. The Bertz CT molecular complexity index is 1350. The normalized spacial score (nSPS) is 14.8. The zero-order valence-corrected chi connectivity index (χ0v) is 21.3. The molecule has 0 saturated carbocycles. The van der Waals surface area contributed by atoms with Gasteiger partial charge in [-0.2, -0.15) is 9.66 Å². The highest BCUT2D eigenvalue weighted by molar-refractivity contribution is 5.78. The number of fused-ring (bicyclic) bond motifs is 3. The van der Waals surface area contributed by atoms with Crippen LogP contribution in [-0.4, -0.2) is 37.7 Å². The van der Waals surface area contributed by atoms with Crippen LogP contribution in [0.5, 0.6) is 0 Å². The molecule has 2 aromatic carbocycles. The molecule has 2 N–H and O–H groups in total. The van der Waals surface area contributed by atoms with E-state index in [1.807, 2.05) is 0 Å². The van der Waals surface area contributed by atoms with Gasteiger partial charge in [0.05, 0.1) is 6.54 Å². The first-order valence-corrected chi connectivity index (χ1v) is 13.1. The number of hydrogen-bond donors (Lipinski definition) is 2.